The summed E-state index contributed by atoms with van der Waals surface area (Å²) in [5, 5.41) is 12.8. The number of nitriles is 1. The predicted octanol–water partition coefficient (Wildman–Crippen LogP) is 5.71. The van der Waals surface area contributed by atoms with E-state index in [1.807, 2.05) is 19.1 Å². The highest BCUT2D eigenvalue weighted by atomic mass is 19.4. The van der Waals surface area contributed by atoms with Gasteiger partial charge in [0.2, 0.25) is 0 Å². The van der Waals surface area contributed by atoms with Gasteiger partial charge in [0.05, 0.1) is 17.8 Å². The van der Waals surface area contributed by atoms with Crippen molar-refractivity contribution < 1.29 is 32.2 Å². The average Bonchev–Trinajstić information content (AvgIpc) is 3.27. The molecule has 1 atom stereocenters. The number of amides is 1. The molecule has 1 aliphatic rings. The van der Waals surface area contributed by atoms with E-state index in [-0.39, 0.29) is 30.7 Å². The maximum Gasteiger partial charge on any atom is 0.422 e. The first-order valence-electron chi connectivity index (χ1n) is 12.1. The molecule has 1 unspecified atom stereocenters. The molecule has 10 heteroatoms. The van der Waals surface area contributed by atoms with E-state index in [1.54, 1.807) is 32.9 Å². The summed E-state index contributed by atoms with van der Waals surface area (Å²) in [5.41, 5.74) is 2.71. The van der Waals surface area contributed by atoms with Crippen LogP contribution in [0, 0.1) is 11.3 Å². The first-order chi connectivity index (χ1) is 17.4. The number of para-hydroxylation sites is 2. The van der Waals surface area contributed by atoms with Crippen LogP contribution in [-0.2, 0) is 17.6 Å². The van der Waals surface area contributed by atoms with Gasteiger partial charge in [-0.2, -0.15) is 18.4 Å². The van der Waals surface area contributed by atoms with Crippen LogP contribution in [0.25, 0.3) is 0 Å². The average molecular weight is 520 g/mol. The lowest BCUT2D eigenvalue weighted by Gasteiger charge is -2.32. The standard InChI is InChI=1S/C27H32F3N3O4/c1-18(13-19-14-20-9-10-32-24(20)21(15-19)16-31)33(25(34)37-26(2,3)4)11-12-35-22-7-5-6-8-23(22)36-17-27(28,29)30/h5-8,14-15,18,32H,9-13,17H2,1-4H3. The second kappa shape index (κ2) is 11.6. The normalized spacial score (nSPS) is 13.7. The van der Waals surface area contributed by atoms with Gasteiger partial charge in [-0.05, 0) is 69.9 Å². The molecule has 0 saturated heterocycles. The third-order valence-corrected chi connectivity index (χ3v) is 5.62. The van der Waals surface area contributed by atoms with E-state index < -0.39 is 24.5 Å². The van der Waals surface area contributed by atoms with Crippen molar-refractivity contribution in [1.82, 2.24) is 4.90 Å². The highest BCUT2D eigenvalue weighted by Gasteiger charge is 2.29. The molecule has 7 nitrogen and oxygen atoms in total. The van der Waals surface area contributed by atoms with Crippen molar-refractivity contribution in [3.05, 3.63) is 53.1 Å². The van der Waals surface area contributed by atoms with E-state index >= 15 is 0 Å². The Morgan fingerprint density at radius 2 is 1.84 bits per heavy atom. The van der Waals surface area contributed by atoms with E-state index in [0.29, 0.717) is 12.0 Å². The minimum absolute atomic E-state index is 0.00747. The maximum atomic E-state index is 13.1. The molecular weight excluding hydrogens is 487 g/mol. The highest BCUT2D eigenvalue weighted by Crippen LogP contribution is 2.30. The van der Waals surface area contributed by atoms with Crippen molar-refractivity contribution in [2.24, 2.45) is 0 Å². The highest BCUT2D eigenvalue weighted by molar-refractivity contribution is 5.69. The van der Waals surface area contributed by atoms with Gasteiger partial charge < -0.3 is 24.4 Å². The summed E-state index contributed by atoms with van der Waals surface area (Å²) in [6, 6.07) is 11.9. The van der Waals surface area contributed by atoms with Crippen LogP contribution >= 0.6 is 0 Å². The topological polar surface area (TPSA) is 83.8 Å². The van der Waals surface area contributed by atoms with Gasteiger partial charge in [0.15, 0.2) is 18.1 Å². The molecule has 0 fully saturated rings. The van der Waals surface area contributed by atoms with E-state index in [1.165, 1.54) is 17.0 Å². The molecule has 0 bridgehead atoms. The van der Waals surface area contributed by atoms with Gasteiger partial charge in [0.1, 0.15) is 18.3 Å². The third kappa shape index (κ3) is 8.20. The minimum Gasteiger partial charge on any atom is -0.488 e. The molecule has 1 aliphatic heterocycles. The summed E-state index contributed by atoms with van der Waals surface area (Å²) in [7, 11) is 0. The Kier molecular flexibility index (Phi) is 8.79. The molecule has 0 saturated carbocycles. The number of alkyl halides is 3. The SMILES string of the molecule is CC(Cc1cc(C#N)c2c(c1)CCN2)N(CCOc1ccccc1OCC(F)(F)F)C(=O)OC(C)(C)C. The Morgan fingerprint density at radius 3 is 2.46 bits per heavy atom. The van der Waals surface area contributed by atoms with Gasteiger partial charge in [-0.3, -0.25) is 0 Å². The zero-order chi connectivity index (χ0) is 27.2. The monoisotopic (exact) mass is 519 g/mol. The van der Waals surface area contributed by atoms with Crippen LogP contribution in [0.2, 0.25) is 0 Å². The molecule has 200 valence electrons. The number of hydrogen-bond donors (Lipinski definition) is 1. The number of carbonyl (C=O) groups excluding carboxylic acids is 1. The van der Waals surface area contributed by atoms with Crippen LogP contribution in [0.3, 0.4) is 0 Å². The van der Waals surface area contributed by atoms with Crippen LogP contribution in [0.1, 0.15) is 44.4 Å². The summed E-state index contributed by atoms with van der Waals surface area (Å²) in [6.45, 7) is 6.66. The molecule has 37 heavy (non-hydrogen) atoms. The van der Waals surface area contributed by atoms with Crippen LogP contribution < -0.4 is 14.8 Å². The number of rotatable bonds is 9. The Labute approximate surface area is 215 Å². The Hall–Kier alpha value is -3.61. The number of nitrogens with one attached hydrogen (secondary N) is 1. The molecule has 1 heterocycles. The maximum absolute atomic E-state index is 13.1. The summed E-state index contributed by atoms with van der Waals surface area (Å²) in [6.07, 6.45) is -3.71. The molecule has 2 aromatic carbocycles. The van der Waals surface area contributed by atoms with E-state index in [9.17, 15) is 23.2 Å². The molecular formula is C27H32F3N3O4. The Morgan fingerprint density at radius 1 is 1.16 bits per heavy atom. The summed E-state index contributed by atoms with van der Waals surface area (Å²) in [4.78, 5) is 14.6. The molecule has 1 N–H and O–H groups in total. The lowest BCUT2D eigenvalue weighted by atomic mass is 9.98. The zero-order valence-electron chi connectivity index (χ0n) is 21.4. The van der Waals surface area contributed by atoms with Crippen molar-refractivity contribution in [3.63, 3.8) is 0 Å². The molecule has 0 radical (unpaired) electrons. The minimum atomic E-state index is -4.48. The fourth-order valence-electron chi connectivity index (χ4n) is 4.07. The van der Waals surface area contributed by atoms with Crippen LogP contribution in [0.5, 0.6) is 11.5 Å². The van der Waals surface area contributed by atoms with Crippen LogP contribution in [-0.4, -0.2) is 55.1 Å². The number of hydrogen-bond acceptors (Lipinski definition) is 6. The van der Waals surface area contributed by atoms with E-state index in [0.717, 1.165) is 29.8 Å². The van der Waals surface area contributed by atoms with Crippen molar-refractivity contribution in [3.8, 4) is 17.6 Å². The quantitative estimate of drug-likeness (QED) is 0.457. The van der Waals surface area contributed by atoms with Gasteiger partial charge in [0, 0.05) is 12.6 Å². The smallest absolute Gasteiger partial charge is 0.422 e. The van der Waals surface area contributed by atoms with Crippen LogP contribution in [0.15, 0.2) is 36.4 Å². The van der Waals surface area contributed by atoms with E-state index in [2.05, 4.69) is 11.4 Å². The largest absolute Gasteiger partial charge is 0.488 e. The fraction of sp³-hybridized carbons (Fsp3) is 0.481. The molecule has 0 spiro atoms. The van der Waals surface area contributed by atoms with Crippen LogP contribution in [0.4, 0.5) is 23.7 Å². The number of halogens is 3. The fourth-order valence-corrected chi connectivity index (χ4v) is 4.07. The summed E-state index contributed by atoms with van der Waals surface area (Å²) < 4.78 is 54.0. The van der Waals surface area contributed by atoms with Gasteiger partial charge in [-0.1, -0.05) is 18.2 Å². The number of fused-ring (bicyclic) bond motifs is 1. The number of anilines is 1. The number of carbonyl (C=O) groups is 1. The molecule has 2 aromatic rings. The predicted molar refractivity (Wildman–Crippen MR) is 133 cm³/mol. The van der Waals surface area contributed by atoms with Crippen molar-refractivity contribution in [2.75, 3.05) is 31.6 Å². The van der Waals surface area contributed by atoms with Crippen molar-refractivity contribution >= 4 is 11.8 Å². The Balaban J connectivity index is 1.72. The first kappa shape index (κ1) is 28.0. The Bertz CT molecular complexity index is 1140. The zero-order valence-corrected chi connectivity index (χ0v) is 21.4. The van der Waals surface area contributed by atoms with Gasteiger partial charge in [-0.25, -0.2) is 4.79 Å². The second-order valence-electron chi connectivity index (χ2n) is 9.89. The summed E-state index contributed by atoms with van der Waals surface area (Å²) >= 11 is 0. The molecule has 0 aromatic heterocycles. The van der Waals surface area contributed by atoms with Crippen molar-refractivity contribution in [1.29, 1.82) is 5.26 Å². The lowest BCUT2D eigenvalue weighted by molar-refractivity contribution is -0.153. The van der Waals surface area contributed by atoms with Gasteiger partial charge >= 0.3 is 12.3 Å². The number of nitrogens with zero attached hydrogens (tertiary/aromatic N) is 2. The van der Waals surface area contributed by atoms with Crippen molar-refractivity contribution in [2.45, 2.75) is 58.4 Å². The first-order valence-corrected chi connectivity index (χ1v) is 12.1. The molecule has 0 aliphatic carbocycles. The summed E-state index contributed by atoms with van der Waals surface area (Å²) in [5.74, 6) is 0.112. The molecule has 3 rings (SSSR count). The lowest BCUT2D eigenvalue weighted by Crippen LogP contribution is -2.45. The third-order valence-electron chi connectivity index (χ3n) is 5.62. The van der Waals surface area contributed by atoms with E-state index in [4.69, 9.17) is 14.2 Å². The second-order valence-corrected chi connectivity index (χ2v) is 9.89. The molecule has 1 amide bonds. The van der Waals surface area contributed by atoms with Gasteiger partial charge in [-0.15, -0.1) is 0 Å². The van der Waals surface area contributed by atoms with Gasteiger partial charge in [0.25, 0.3) is 0 Å². The number of benzene rings is 2. The number of ether oxygens (including phenoxy) is 3.